The predicted molar refractivity (Wildman–Crippen MR) is 108 cm³/mol. The fraction of sp³-hybridized carbons (Fsp3) is 0.429. The third-order valence-corrected chi connectivity index (χ3v) is 4.36. The Kier molecular flexibility index (Phi) is 7.09. The Morgan fingerprint density at radius 1 is 1.04 bits per heavy atom. The van der Waals surface area contributed by atoms with E-state index in [9.17, 15) is 9.59 Å². The number of amides is 2. The van der Waals surface area contributed by atoms with E-state index >= 15 is 0 Å². The van der Waals surface area contributed by atoms with Crippen LogP contribution in [0.2, 0.25) is 0 Å². The van der Waals surface area contributed by atoms with E-state index in [4.69, 9.17) is 9.47 Å². The molecule has 7 heteroatoms. The number of hydrogen-bond donors (Lipinski definition) is 2. The molecule has 7 nitrogen and oxygen atoms in total. The number of aryl methyl sites for hydroxylation is 1. The summed E-state index contributed by atoms with van der Waals surface area (Å²) < 4.78 is 13.1. The smallest absolute Gasteiger partial charge is 0.279 e. The van der Waals surface area contributed by atoms with E-state index < -0.39 is 12.0 Å². The standard InChI is InChI=1S/C21H29N3O4/c1-7-27-17-8-10-18(11-9-17)28-16(6)20(25)22-23-21(26)19-12-14(4)24(13(2)3)15(19)5/h8-13,16H,7H2,1-6H3,(H,22,25)(H,23,26)/t16-/m0/s1. The molecule has 0 spiro atoms. The summed E-state index contributed by atoms with van der Waals surface area (Å²) >= 11 is 0. The highest BCUT2D eigenvalue weighted by Crippen LogP contribution is 2.20. The SMILES string of the molecule is CCOc1ccc(O[C@@H](C)C(=O)NNC(=O)c2cc(C)n(C(C)C)c2C)cc1. The van der Waals surface area contributed by atoms with Gasteiger partial charge in [-0.05, 0) is 71.9 Å². The van der Waals surface area contributed by atoms with Crippen molar-refractivity contribution in [3.05, 3.63) is 47.3 Å². The zero-order valence-corrected chi connectivity index (χ0v) is 17.3. The molecule has 1 atom stereocenters. The first-order chi connectivity index (χ1) is 13.2. The lowest BCUT2D eigenvalue weighted by molar-refractivity contribution is -0.128. The summed E-state index contributed by atoms with van der Waals surface area (Å²) in [4.78, 5) is 24.7. The van der Waals surface area contributed by atoms with Crippen molar-refractivity contribution in [2.24, 2.45) is 0 Å². The van der Waals surface area contributed by atoms with Gasteiger partial charge in [-0.2, -0.15) is 0 Å². The third-order valence-electron chi connectivity index (χ3n) is 4.36. The maximum Gasteiger partial charge on any atom is 0.279 e. The number of ether oxygens (including phenoxy) is 2. The van der Waals surface area contributed by atoms with Crippen molar-refractivity contribution in [3.8, 4) is 11.5 Å². The minimum Gasteiger partial charge on any atom is -0.494 e. The van der Waals surface area contributed by atoms with Gasteiger partial charge in [0.15, 0.2) is 6.10 Å². The number of aromatic nitrogens is 1. The van der Waals surface area contributed by atoms with Gasteiger partial charge in [-0.25, -0.2) is 0 Å². The zero-order valence-electron chi connectivity index (χ0n) is 17.3. The highest BCUT2D eigenvalue weighted by Gasteiger charge is 2.19. The van der Waals surface area contributed by atoms with Crippen LogP contribution in [0, 0.1) is 13.8 Å². The molecule has 152 valence electrons. The molecule has 1 aromatic heterocycles. The molecule has 0 bridgehead atoms. The first-order valence-corrected chi connectivity index (χ1v) is 9.42. The minimum absolute atomic E-state index is 0.249. The normalized spacial score (nSPS) is 11.8. The Labute approximate surface area is 166 Å². The number of nitrogens with zero attached hydrogens (tertiary/aromatic N) is 1. The van der Waals surface area contributed by atoms with Crippen LogP contribution in [-0.4, -0.2) is 29.1 Å². The van der Waals surface area contributed by atoms with Gasteiger partial charge < -0.3 is 14.0 Å². The summed E-state index contributed by atoms with van der Waals surface area (Å²) in [5.41, 5.74) is 7.27. The quantitative estimate of drug-likeness (QED) is 0.714. The van der Waals surface area contributed by atoms with Gasteiger partial charge >= 0.3 is 0 Å². The number of carbonyl (C=O) groups is 2. The molecule has 2 rings (SSSR count). The molecule has 1 aromatic carbocycles. The predicted octanol–water partition coefficient (Wildman–Crippen LogP) is 3.31. The molecule has 0 saturated heterocycles. The second-order valence-corrected chi connectivity index (χ2v) is 6.86. The van der Waals surface area contributed by atoms with Crippen molar-refractivity contribution < 1.29 is 19.1 Å². The molecule has 1 heterocycles. The molecule has 0 radical (unpaired) electrons. The Bertz CT molecular complexity index is 825. The van der Waals surface area contributed by atoms with E-state index in [1.165, 1.54) is 0 Å². The van der Waals surface area contributed by atoms with Crippen LogP contribution in [0.3, 0.4) is 0 Å². The van der Waals surface area contributed by atoms with E-state index in [-0.39, 0.29) is 11.9 Å². The Balaban J connectivity index is 1.92. The van der Waals surface area contributed by atoms with Gasteiger partial charge in [0.1, 0.15) is 11.5 Å². The van der Waals surface area contributed by atoms with Crippen molar-refractivity contribution in [3.63, 3.8) is 0 Å². The van der Waals surface area contributed by atoms with Gasteiger partial charge in [-0.1, -0.05) is 0 Å². The fourth-order valence-electron chi connectivity index (χ4n) is 3.13. The minimum atomic E-state index is -0.777. The van der Waals surface area contributed by atoms with E-state index in [0.29, 0.717) is 17.9 Å². The van der Waals surface area contributed by atoms with Gasteiger partial charge in [0.25, 0.3) is 11.8 Å². The van der Waals surface area contributed by atoms with Crippen molar-refractivity contribution in [2.45, 2.75) is 53.7 Å². The van der Waals surface area contributed by atoms with Crippen LogP contribution in [0.15, 0.2) is 30.3 Å². The topological polar surface area (TPSA) is 81.6 Å². The van der Waals surface area contributed by atoms with Crippen LogP contribution >= 0.6 is 0 Å². The summed E-state index contributed by atoms with van der Waals surface area (Å²) in [6.07, 6.45) is -0.777. The third kappa shape index (κ3) is 5.06. The van der Waals surface area contributed by atoms with Crippen LogP contribution in [0.25, 0.3) is 0 Å². The second-order valence-electron chi connectivity index (χ2n) is 6.86. The summed E-state index contributed by atoms with van der Waals surface area (Å²) in [5.74, 6) is 0.470. The van der Waals surface area contributed by atoms with Crippen molar-refractivity contribution in [1.82, 2.24) is 15.4 Å². The first kappa shape index (κ1) is 21.3. The van der Waals surface area contributed by atoms with Gasteiger partial charge in [-0.15, -0.1) is 0 Å². The average molecular weight is 387 g/mol. The van der Waals surface area contributed by atoms with Crippen molar-refractivity contribution in [1.29, 1.82) is 0 Å². The van der Waals surface area contributed by atoms with Gasteiger partial charge in [0.05, 0.1) is 12.2 Å². The fourth-order valence-corrected chi connectivity index (χ4v) is 3.13. The molecular formula is C21H29N3O4. The number of nitrogens with one attached hydrogen (secondary N) is 2. The van der Waals surface area contributed by atoms with Crippen molar-refractivity contribution >= 4 is 11.8 Å². The van der Waals surface area contributed by atoms with Crippen LogP contribution in [0.1, 0.15) is 55.5 Å². The largest absolute Gasteiger partial charge is 0.494 e. The maximum absolute atomic E-state index is 12.4. The number of benzene rings is 1. The molecule has 2 aromatic rings. The molecule has 2 N–H and O–H groups in total. The molecule has 0 aliphatic rings. The van der Waals surface area contributed by atoms with E-state index in [1.807, 2.05) is 26.8 Å². The Morgan fingerprint density at radius 3 is 2.18 bits per heavy atom. The highest BCUT2D eigenvalue weighted by molar-refractivity contribution is 5.97. The molecule has 2 amide bonds. The van der Waals surface area contributed by atoms with E-state index in [2.05, 4.69) is 29.3 Å². The maximum atomic E-state index is 12.4. The summed E-state index contributed by atoms with van der Waals surface area (Å²) in [6, 6.07) is 9.07. The molecule has 28 heavy (non-hydrogen) atoms. The molecule has 0 unspecified atom stereocenters. The highest BCUT2D eigenvalue weighted by atomic mass is 16.5. The molecule has 0 saturated carbocycles. The summed E-state index contributed by atoms with van der Waals surface area (Å²) in [5, 5.41) is 0. The monoisotopic (exact) mass is 387 g/mol. The van der Waals surface area contributed by atoms with Crippen LogP contribution < -0.4 is 20.3 Å². The molecule has 0 aliphatic carbocycles. The second kappa shape index (κ2) is 9.30. The Hall–Kier alpha value is -2.96. The molecule has 0 fully saturated rings. The number of rotatable bonds is 7. The van der Waals surface area contributed by atoms with Crippen LogP contribution in [0.5, 0.6) is 11.5 Å². The van der Waals surface area contributed by atoms with Gasteiger partial charge in [0.2, 0.25) is 0 Å². The summed E-state index contributed by atoms with van der Waals surface area (Å²) in [6.45, 7) is 12.1. The molecular weight excluding hydrogens is 358 g/mol. The van der Waals surface area contributed by atoms with Crippen LogP contribution in [-0.2, 0) is 4.79 Å². The van der Waals surface area contributed by atoms with Gasteiger partial charge in [-0.3, -0.25) is 20.4 Å². The zero-order chi connectivity index (χ0) is 20.8. The Morgan fingerprint density at radius 2 is 1.64 bits per heavy atom. The molecule has 0 aliphatic heterocycles. The lowest BCUT2D eigenvalue weighted by atomic mass is 10.2. The first-order valence-electron chi connectivity index (χ1n) is 9.42. The summed E-state index contributed by atoms with van der Waals surface area (Å²) in [7, 11) is 0. The van der Waals surface area contributed by atoms with E-state index in [0.717, 1.165) is 17.1 Å². The lowest BCUT2D eigenvalue weighted by Gasteiger charge is -2.16. The van der Waals surface area contributed by atoms with Gasteiger partial charge in [0, 0.05) is 17.4 Å². The van der Waals surface area contributed by atoms with Crippen molar-refractivity contribution in [2.75, 3.05) is 6.61 Å². The number of hydrogen-bond acceptors (Lipinski definition) is 4. The number of hydrazine groups is 1. The van der Waals surface area contributed by atoms with Crippen LogP contribution in [0.4, 0.5) is 0 Å². The average Bonchev–Trinajstić information content (AvgIpc) is 2.95. The number of carbonyl (C=O) groups excluding carboxylic acids is 2. The van der Waals surface area contributed by atoms with E-state index in [1.54, 1.807) is 31.2 Å². The lowest BCUT2D eigenvalue weighted by Crippen LogP contribution is -2.47.